The average Bonchev–Trinajstić information content (AvgIpc) is 2.16. The molecule has 0 aliphatic heterocycles. The minimum Gasteiger partial charge on any atom is -0.343 e. The largest absolute Gasteiger partial charge is 0.343 e. The van der Waals surface area contributed by atoms with Gasteiger partial charge in [0.1, 0.15) is 5.78 Å². The van der Waals surface area contributed by atoms with E-state index in [0.29, 0.717) is 11.8 Å². The molecule has 80 valence electrons. The summed E-state index contributed by atoms with van der Waals surface area (Å²) in [6, 6.07) is 0.350. The number of ketones is 1. The predicted octanol–water partition coefficient (Wildman–Crippen LogP) is 1.61. The van der Waals surface area contributed by atoms with Crippen LogP contribution in [0.4, 0.5) is 0 Å². The number of Topliss-reactive ketones (excluding diaryl/α,β-unsaturated/α-hetero) is 1. The third-order valence-corrected chi connectivity index (χ3v) is 3.32. The Bertz CT molecular complexity index is 229. The van der Waals surface area contributed by atoms with E-state index in [0.717, 1.165) is 25.7 Å². The molecular formula is C11H19NO2. The molecule has 3 heteroatoms. The fraction of sp³-hybridized carbons (Fsp3) is 0.818. The summed E-state index contributed by atoms with van der Waals surface area (Å²) in [6.07, 6.45) is 3.83. The highest BCUT2D eigenvalue weighted by atomic mass is 16.2. The van der Waals surface area contributed by atoms with Gasteiger partial charge in [0.15, 0.2) is 0 Å². The molecule has 0 radical (unpaired) electrons. The third-order valence-electron chi connectivity index (χ3n) is 3.32. The van der Waals surface area contributed by atoms with Crippen molar-refractivity contribution < 1.29 is 9.59 Å². The second-order valence-electron chi connectivity index (χ2n) is 4.25. The Hall–Kier alpha value is -0.860. The van der Waals surface area contributed by atoms with Gasteiger partial charge in [0, 0.05) is 25.9 Å². The summed E-state index contributed by atoms with van der Waals surface area (Å²) in [7, 11) is 1.85. The molecule has 1 rings (SSSR count). The Morgan fingerprint density at radius 2 is 1.57 bits per heavy atom. The highest BCUT2D eigenvalue weighted by Gasteiger charge is 2.26. The number of nitrogens with zero attached hydrogens (tertiary/aromatic N) is 1. The Balaban J connectivity index is 2.43. The molecule has 0 bridgehead atoms. The van der Waals surface area contributed by atoms with Crippen molar-refractivity contribution in [3.8, 4) is 0 Å². The van der Waals surface area contributed by atoms with Crippen molar-refractivity contribution >= 4 is 11.7 Å². The minimum atomic E-state index is 0.122. The first-order valence-electron chi connectivity index (χ1n) is 5.26. The Labute approximate surface area is 85.5 Å². The zero-order valence-corrected chi connectivity index (χ0v) is 9.25. The van der Waals surface area contributed by atoms with Crippen LogP contribution in [0.3, 0.4) is 0 Å². The molecule has 0 spiro atoms. The lowest BCUT2D eigenvalue weighted by Gasteiger charge is -2.33. The second-order valence-corrected chi connectivity index (χ2v) is 4.25. The molecule has 0 aromatic carbocycles. The van der Waals surface area contributed by atoms with Gasteiger partial charge in [-0.1, -0.05) is 0 Å². The lowest BCUT2D eigenvalue weighted by molar-refractivity contribution is -0.130. The maximum absolute atomic E-state index is 11.1. The second kappa shape index (κ2) is 4.58. The number of carbonyl (C=O) groups is 2. The van der Waals surface area contributed by atoms with Crippen molar-refractivity contribution in [2.75, 3.05) is 7.05 Å². The Morgan fingerprint density at radius 3 is 1.93 bits per heavy atom. The van der Waals surface area contributed by atoms with E-state index in [2.05, 4.69) is 0 Å². The molecule has 1 fully saturated rings. The number of rotatable bonds is 2. The van der Waals surface area contributed by atoms with E-state index in [4.69, 9.17) is 0 Å². The van der Waals surface area contributed by atoms with E-state index in [-0.39, 0.29) is 11.8 Å². The van der Waals surface area contributed by atoms with Gasteiger partial charge in [-0.2, -0.15) is 0 Å². The van der Waals surface area contributed by atoms with Gasteiger partial charge in [-0.15, -0.1) is 0 Å². The highest BCUT2D eigenvalue weighted by Crippen LogP contribution is 2.27. The van der Waals surface area contributed by atoms with E-state index >= 15 is 0 Å². The standard InChI is InChI=1S/C11H19NO2/c1-8(13)10-4-6-11(7-5-10)12(3)9(2)14/h10-11H,4-7H2,1-3H3. The van der Waals surface area contributed by atoms with Gasteiger partial charge in [-0.25, -0.2) is 0 Å². The van der Waals surface area contributed by atoms with Crippen LogP contribution in [0.1, 0.15) is 39.5 Å². The van der Waals surface area contributed by atoms with Crippen LogP contribution in [0.25, 0.3) is 0 Å². The maximum atomic E-state index is 11.1. The summed E-state index contributed by atoms with van der Waals surface area (Å²) in [5.74, 6) is 0.664. The molecule has 1 aliphatic carbocycles. The van der Waals surface area contributed by atoms with E-state index in [1.54, 1.807) is 18.7 Å². The first-order chi connectivity index (χ1) is 6.52. The Morgan fingerprint density at radius 1 is 1.07 bits per heavy atom. The number of hydrogen-bond acceptors (Lipinski definition) is 2. The van der Waals surface area contributed by atoms with E-state index in [9.17, 15) is 9.59 Å². The van der Waals surface area contributed by atoms with Gasteiger partial charge < -0.3 is 4.90 Å². The molecule has 1 amide bonds. The normalized spacial score (nSPS) is 27.1. The molecule has 3 nitrogen and oxygen atoms in total. The molecular weight excluding hydrogens is 178 g/mol. The molecule has 0 atom stereocenters. The molecule has 0 N–H and O–H groups in total. The number of amides is 1. The summed E-state index contributed by atoms with van der Waals surface area (Å²) >= 11 is 0. The van der Waals surface area contributed by atoms with Crippen LogP contribution in [-0.4, -0.2) is 29.7 Å². The summed E-state index contributed by atoms with van der Waals surface area (Å²) in [4.78, 5) is 24.0. The molecule has 1 aliphatic rings. The average molecular weight is 197 g/mol. The van der Waals surface area contributed by atoms with Gasteiger partial charge >= 0.3 is 0 Å². The van der Waals surface area contributed by atoms with Crippen molar-refractivity contribution in [1.29, 1.82) is 0 Å². The van der Waals surface area contributed by atoms with Crippen LogP contribution in [0.2, 0.25) is 0 Å². The summed E-state index contributed by atoms with van der Waals surface area (Å²) < 4.78 is 0. The summed E-state index contributed by atoms with van der Waals surface area (Å²) in [6.45, 7) is 3.26. The molecule has 0 unspecified atom stereocenters. The topological polar surface area (TPSA) is 37.4 Å². The smallest absolute Gasteiger partial charge is 0.219 e. The monoisotopic (exact) mass is 197 g/mol. The van der Waals surface area contributed by atoms with Crippen LogP contribution in [0.15, 0.2) is 0 Å². The van der Waals surface area contributed by atoms with Crippen molar-refractivity contribution in [2.45, 2.75) is 45.6 Å². The molecule has 14 heavy (non-hydrogen) atoms. The number of hydrogen-bond donors (Lipinski definition) is 0. The third kappa shape index (κ3) is 2.56. The van der Waals surface area contributed by atoms with Gasteiger partial charge in [-0.3, -0.25) is 9.59 Å². The quantitative estimate of drug-likeness (QED) is 0.674. The number of carbonyl (C=O) groups excluding carboxylic acids is 2. The molecule has 0 aromatic rings. The van der Waals surface area contributed by atoms with Gasteiger partial charge in [0.05, 0.1) is 0 Å². The van der Waals surface area contributed by atoms with Crippen LogP contribution in [0, 0.1) is 5.92 Å². The predicted molar refractivity (Wildman–Crippen MR) is 54.9 cm³/mol. The first-order valence-corrected chi connectivity index (χ1v) is 5.26. The lowest BCUT2D eigenvalue weighted by Crippen LogP contribution is -2.38. The van der Waals surface area contributed by atoms with Crippen molar-refractivity contribution in [2.24, 2.45) is 5.92 Å². The summed E-state index contributed by atoms with van der Waals surface area (Å²) in [5.41, 5.74) is 0. The van der Waals surface area contributed by atoms with Crippen LogP contribution in [-0.2, 0) is 9.59 Å². The van der Waals surface area contributed by atoms with E-state index in [1.165, 1.54) is 0 Å². The molecule has 0 saturated heterocycles. The van der Waals surface area contributed by atoms with E-state index in [1.807, 2.05) is 7.05 Å². The van der Waals surface area contributed by atoms with Gasteiger partial charge in [0.25, 0.3) is 0 Å². The van der Waals surface area contributed by atoms with Crippen molar-refractivity contribution in [3.63, 3.8) is 0 Å². The minimum absolute atomic E-state index is 0.122. The Kier molecular flexibility index (Phi) is 3.67. The fourth-order valence-electron chi connectivity index (χ4n) is 2.13. The molecule has 1 saturated carbocycles. The molecule has 0 aromatic heterocycles. The highest BCUT2D eigenvalue weighted by molar-refractivity contribution is 5.78. The first kappa shape index (κ1) is 11.2. The van der Waals surface area contributed by atoms with Crippen molar-refractivity contribution in [1.82, 2.24) is 4.90 Å². The van der Waals surface area contributed by atoms with Crippen LogP contribution < -0.4 is 0 Å². The van der Waals surface area contributed by atoms with Gasteiger partial charge in [-0.05, 0) is 32.6 Å². The fourth-order valence-corrected chi connectivity index (χ4v) is 2.13. The zero-order valence-electron chi connectivity index (χ0n) is 9.25. The molecule has 0 heterocycles. The lowest BCUT2D eigenvalue weighted by atomic mass is 9.83. The van der Waals surface area contributed by atoms with Crippen LogP contribution in [0.5, 0.6) is 0 Å². The van der Waals surface area contributed by atoms with Gasteiger partial charge in [0.2, 0.25) is 5.91 Å². The SMILES string of the molecule is CC(=O)C1CCC(N(C)C(C)=O)CC1. The van der Waals surface area contributed by atoms with Crippen molar-refractivity contribution in [3.05, 3.63) is 0 Å². The maximum Gasteiger partial charge on any atom is 0.219 e. The zero-order chi connectivity index (χ0) is 10.7. The van der Waals surface area contributed by atoms with Crippen LogP contribution >= 0.6 is 0 Å². The summed E-state index contributed by atoms with van der Waals surface area (Å²) in [5, 5.41) is 0. The van der Waals surface area contributed by atoms with E-state index < -0.39 is 0 Å².